The lowest BCUT2D eigenvalue weighted by Crippen LogP contribution is -2.14. The van der Waals surface area contributed by atoms with E-state index in [1.165, 1.54) is 103 Å². The summed E-state index contributed by atoms with van der Waals surface area (Å²) in [5.74, 6) is -3.01. The minimum atomic E-state index is -0.662. The van der Waals surface area contributed by atoms with Gasteiger partial charge in [-0.25, -0.2) is 0 Å². The Morgan fingerprint density at radius 1 is 0.244 bits per heavy atom. The van der Waals surface area contributed by atoms with Gasteiger partial charge in [0.2, 0.25) is 0 Å². The molecule has 10 rings (SSSR count). The molecule has 0 bridgehead atoms. The number of aromatic hydroxyl groups is 6. The van der Waals surface area contributed by atoms with Gasteiger partial charge in [0, 0.05) is 11.6 Å². The first-order chi connectivity index (χ1) is 60.7. The third-order valence-corrected chi connectivity index (χ3v) is 29.1. The standard InChI is InChI=1S/2C24H38O2.3C22H34O4.5CH4/c1-18-12-13-20(10-6-9-15-24(16-17-24)22(25)26)21(19(18)2)11-7-8-14-23(3,4)5;1-18-16-20(10-6-8-12-23(3,4)5)21(17-19(18)2)11-7-9-13-24(14-15-24)22(25)26;1-21(2,3)12-6-5-9-17-16(10-11-18(23)19(17)24)8-4-7-13-22(14-15-22)20(25)26;1-21(2,3)10-6-4-8-16-14-17(23)15-19(24)18(16)9-5-7-11-22(12-13-22)20(25)26;1-21(2,3)10-6-4-8-16-14-18(23)19(24)15-17(16)9-5-7-11-22(12-13-22)20(25)26;;;;;/h12-13H,6-11,14-17H2,1-5H3,(H,25,26);16-17H,6-15H2,1-5H3,(H,25,26);10-11,23-24H,4-9,12-15H2,1-3H3,(H,25,26);2*14-15,23-24H,4-13H2,1-3H3,(H,25,26);5*1H4. The van der Waals surface area contributed by atoms with Gasteiger partial charge in [-0.15, -0.1) is 0 Å². The number of carbonyl (C=O) groups is 5. The Bertz CT molecular complexity index is 4110. The second kappa shape index (κ2) is 56.5. The lowest BCUT2D eigenvalue weighted by atomic mass is 9.87. The Hall–Kier alpha value is -7.75. The van der Waals surface area contributed by atoms with Crippen LogP contribution in [0, 0.1) is 81.8 Å². The molecule has 0 atom stereocenters. The summed E-state index contributed by atoms with van der Waals surface area (Å²) < 4.78 is 0. The smallest absolute Gasteiger partial charge is 0.309 e. The van der Waals surface area contributed by atoms with Crippen LogP contribution in [0.3, 0.4) is 0 Å². The maximum absolute atomic E-state index is 11.3. The molecule has 5 aromatic carbocycles. The molecule has 5 aliphatic rings. The fraction of sp³-hybridized carbons (Fsp3) is 0.706. The molecule has 770 valence electrons. The maximum atomic E-state index is 11.3. The zero-order valence-electron chi connectivity index (χ0n) is 84.6. The van der Waals surface area contributed by atoms with Gasteiger partial charge in [0.15, 0.2) is 23.0 Å². The van der Waals surface area contributed by atoms with Crippen LogP contribution in [0.1, 0.15) is 476 Å². The second-order valence-corrected chi connectivity index (χ2v) is 46.9. The van der Waals surface area contributed by atoms with Crippen molar-refractivity contribution in [3.8, 4) is 34.5 Å². The number of carboxylic acid groups (broad SMARTS) is 5. The fourth-order valence-corrected chi connectivity index (χ4v) is 18.7. The highest BCUT2D eigenvalue weighted by molar-refractivity contribution is 5.79. The number of phenols is 6. The van der Waals surface area contributed by atoms with E-state index >= 15 is 0 Å². The lowest BCUT2D eigenvalue weighted by molar-refractivity contribution is -0.144. The highest BCUT2D eigenvalue weighted by Crippen LogP contribution is 2.54. The first-order valence-electron chi connectivity index (χ1n) is 50.6. The van der Waals surface area contributed by atoms with Gasteiger partial charge in [-0.05, 0) is 408 Å². The van der Waals surface area contributed by atoms with Crippen molar-refractivity contribution in [2.45, 2.75) is 490 Å². The highest BCUT2D eigenvalue weighted by atomic mass is 16.4. The minimum Gasteiger partial charge on any atom is -0.508 e. The summed E-state index contributed by atoms with van der Waals surface area (Å²) >= 11 is 0. The number of unbranched alkanes of at least 4 members (excludes halogenated alkanes) is 10. The van der Waals surface area contributed by atoms with Crippen LogP contribution < -0.4 is 0 Å². The molecule has 16 heteroatoms. The van der Waals surface area contributed by atoms with Gasteiger partial charge in [-0.2, -0.15) is 0 Å². The molecule has 0 heterocycles. The molecule has 5 saturated carbocycles. The first-order valence-corrected chi connectivity index (χ1v) is 50.6. The predicted octanol–water partition coefficient (Wildman–Crippen LogP) is 32.8. The van der Waals surface area contributed by atoms with Gasteiger partial charge >= 0.3 is 29.8 Å². The summed E-state index contributed by atoms with van der Waals surface area (Å²) in [7, 11) is 0. The van der Waals surface area contributed by atoms with Crippen molar-refractivity contribution >= 4 is 29.8 Å². The van der Waals surface area contributed by atoms with Crippen LogP contribution in [-0.4, -0.2) is 86.0 Å². The molecule has 135 heavy (non-hydrogen) atoms. The molecule has 0 aliphatic heterocycles. The van der Waals surface area contributed by atoms with Crippen molar-refractivity contribution < 1.29 is 80.1 Å². The topological polar surface area (TPSA) is 308 Å². The third kappa shape index (κ3) is 44.5. The van der Waals surface area contributed by atoms with Gasteiger partial charge in [0.05, 0.1) is 27.1 Å². The number of carboxylic acids is 5. The number of benzene rings is 5. The summed E-state index contributed by atoms with van der Waals surface area (Å²) in [6.07, 6.45) is 48.9. The van der Waals surface area contributed by atoms with E-state index in [4.69, 9.17) is 0 Å². The van der Waals surface area contributed by atoms with E-state index in [0.717, 1.165) is 297 Å². The second-order valence-electron chi connectivity index (χ2n) is 46.9. The molecule has 5 aromatic rings. The Labute approximate surface area is 822 Å². The SMILES string of the molecule is C.C.C.C.C.CC(C)(C)CCCCc1c(CCCCC2(C(=O)O)CC2)ccc(O)c1O.CC(C)(C)CCCCc1cc(O)c(O)cc1CCCCC1(C(=O)O)CC1.CC(C)(C)CCCCc1cc(O)cc(O)c1CCCCC1(C(=O)O)CC1.Cc1cc(CCCCC(C)(C)C)c(CCCCC2(C(=O)O)CC2)cc1C.Cc1ccc(CCCCC2(C(=O)O)CC2)c(CCCCC(C)(C)C)c1C. The summed E-state index contributed by atoms with van der Waals surface area (Å²) in [5, 5.41) is 106. The van der Waals surface area contributed by atoms with Crippen LogP contribution in [0.15, 0.2) is 60.7 Å². The van der Waals surface area contributed by atoms with E-state index in [9.17, 15) is 80.1 Å². The average molecular weight is 1880 g/mol. The number of aryl methyl sites for hydroxylation is 10. The van der Waals surface area contributed by atoms with Gasteiger partial charge in [-0.3, -0.25) is 24.0 Å². The monoisotopic (exact) mass is 1880 g/mol. The molecule has 0 amide bonds. The third-order valence-electron chi connectivity index (χ3n) is 29.1. The van der Waals surface area contributed by atoms with E-state index in [-0.39, 0.29) is 82.5 Å². The molecule has 5 fully saturated rings. The molecule has 0 spiro atoms. The molecule has 0 unspecified atom stereocenters. The maximum Gasteiger partial charge on any atom is 0.309 e. The number of aliphatic carboxylic acids is 5. The molecular weight excluding hydrogens is 1690 g/mol. The molecule has 16 nitrogen and oxygen atoms in total. The largest absolute Gasteiger partial charge is 0.508 e. The lowest BCUT2D eigenvalue weighted by Gasteiger charge is -2.19. The van der Waals surface area contributed by atoms with Crippen molar-refractivity contribution in [3.63, 3.8) is 0 Å². The van der Waals surface area contributed by atoms with Crippen LogP contribution in [-0.2, 0) is 88.2 Å². The molecule has 11 N–H and O–H groups in total. The zero-order chi connectivity index (χ0) is 96.9. The molecule has 0 saturated heterocycles. The summed E-state index contributed by atoms with van der Waals surface area (Å²) in [5.41, 5.74) is 17.5. The van der Waals surface area contributed by atoms with Crippen molar-refractivity contribution in [1.29, 1.82) is 0 Å². The minimum absolute atomic E-state index is 0. The van der Waals surface area contributed by atoms with Crippen molar-refractivity contribution in [2.75, 3.05) is 0 Å². The van der Waals surface area contributed by atoms with Crippen molar-refractivity contribution in [1.82, 2.24) is 0 Å². The number of rotatable bonds is 50. The Morgan fingerprint density at radius 3 is 0.770 bits per heavy atom. The molecule has 0 radical (unpaired) electrons. The molecule has 5 aliphatic carbocycles. The van der Waals surface area contributed by atoms with Crippen LogP contribution in [0.5, 0.6) is 34.5 Å². The Morgan fingerprint density at radius 2 is 0.481 bits per heavy atom. The van der Waals surface area contributed by atoms with Gasteiger partial charge in [0.1, 0.15) is 11.5 Å². The number of phenolic OH excluding ortho intramolecular Hbond substituents is 6. The van der Waals surface area contributed by atoms with E-state index in [1.807, 2.05) is 6.07 Å². The van der Waals surface area contributed by atoms with Crippen LogP contribution in [0.2, 0.25) is 0 Å². The fourth-order valence-electron chi connectivity index (χ4n) is 18.7. The zero-order valence-corrected chi connectivity index (χ0v) is 84.6. The normalized spacial score (nSPS) is 15.3. The Kier molecular flexibility index (Phi) is 52.4. The Balaban J connectivity index is 0.000000836. The summed E-state index contributed by atoms with van der Waals surface area (Å²) in [6.45, 7) is 42.9. The van der Waals surface area contributed by atoms with E-state index in [1.54, 1.807) is 29.8 Å². The quantitative estimate of drug-likeness (QED) is 0.0127. The average Bonchev–Trinajstić information content (AvgIpc) is 1.64. The molecular formula is C119H198O16. The van der Waals surface area contributed by atoms with Gasteiger partial charge < -0.3 is 56.2 Å². The number of hydrogen-bond acceptors (Lipinski definition) is 11. The van der Waals surface area contributed by atoms with Crippen molar-refractivity contribution in [2.24, 2.45) is 54.1 Å². The van der Waals surface area contributed by atoms with Crippen molar-refractivity contribution in [3.05, 3.63) is 139 Å². The van der Waals surface area contributed by atoms with Crippen LogP contribution in [0.4, 0.5) is 0 Å². The summed E-state index contributed by atoms with van der Waals surface area (Å²) in [6, 6.07) is 19.3. The van der Waals surface area contributed by atoms with E-state index in [2.05, 4.69) is 156 Å². The predicted molar refractivity (Wildman–Crippen MR) is 564 cm³/mol. The molecule has 0 aromatic heterocycles. The van der Waals surface area contributed by atoms with Gasteiger partial charge in [-0.1, -0.05) is 236 Å². The number of hydrogen-bond donors (Lipinski definition) is 11. The first kappa shape index (κ1) is 125. The summed E-state index contributed by atoms with van der Waals surface area (Å²) in [4.78, 5) is 56.3. The van der Waals surface area contributed by atoms with Gasteiger partial charge in [0.25, 0.3) is 0 Å². The van der Waals surface area contributed by atoms with Crippen LogP contribution in [0.25, 0.3) is 0 Å². The van der Waals surface area contributed by atoms with E-state index < -0.39 is 46.1 Å². The van der Waals surface area contributed by atoms with E-state index in [0.29, 0.717) is 27.1 Å². The highest BCUT2D eigenvalue weighted by Gasteiger charge is 2.52. The van der Waals surface area contributed by atoms with Crippen LogP contribution >= 0.6 is 0 Å².